The Morgan fingerprint density at radius 3 is 1.59 bits per heavy atom. The SMILES string of the molecule is O=C(Cc1ccc(Br)cc1)NCc1ccc(S(=O)(=O)NC(=O)Cc2ccc(Br)cc2)cc1. The first-order valence-corrected chi connectivity index (χ1v) is 12.7. The molecule has 166 valence electrons. The van der Waals surface area contributed by atoms with Crippen LogP contribution in [0.1, 0.15) is 16.7 Å². The van der Waals surface area contributed by atoms with Gasteiger partial charge < -0.3 is 5.32 Å². The highest BCUT2D eigenvalue weighted by Gasteiger charge is 2.18. The van der Waals surface area contributed by atoms with E-state index in [4.69, 9.17) is 0 Å². The van der Waals surface area contributed by atoms with Gasteiger partial charge in [-0.3, -0.25) is 9.59 Å². The van der Waals surface area contributed by atoms with Crippen molar-refractivity contribution in [3.05, 3.63) is 98.4 Å². The molecule has 0 unspecified atom stereocenters. The van der Waals surface area contributed by atoms with Gasteiger partial charge >= 0.3 is 0 Å². The highest BCUT2D eigenvalue weighted by molar-refractivity contribution is 9.10. The van der Waals surface area contributed by atoms with Crippen LogP contribution in [-0.2, 0) is 39.0 Å². The maximum absolute atomic E-state index is 12.5. The van der Waals surface area contributed by atoms with Crippen molar-refractivity contribution in [1.29, 1.82) is 0 Å². The molecule has 9 heteroatoms. The summed E-state index contributed by atoms with van der Waals surface area (Å²) in [5.74, 6) is -0.749. The van der Waals surface area contributed by atoms with Crippen molar-refractivity contribution in [2.75, 3.05) is 0 Å². The summed E-state index contributed by atoms with van der Waals surface area (Å²) in [6.07, 6.45) is 0.207. The lowest BCUT2D eigenvalue weighted by Gasteiger charge is -2.09. The highest BCUT2D eigenvalue weighted by atomic mass is 79.9. The number of carbonyl (C=O) groups excluding carboxylic acids is 2. The molecule has 0 aliphatic carbocycles. The van der Waals surface area contributed by atoms with Gasteiger partial charge in [0.25, 0.3) is 10.0 Å². The van der Waals surface area contributed by atoms with E-state index >= 15 is 0 Å². The second-order valence-corrected chi connectivity index (χ2v) is 10.6. The van der Waals surface area contributed by atoms with Crippen LogP contribution in [0.3, 0.4) is 0 Å². The fourth-order valence-corrected chi connectivity index (χ4v) is 4.38. The Morgan fingerprint density at radius 2 is 1.09 bits per heavy atom. The first kappa shape index (κ1) is 24.2. The second kappa shape index (κ2) is 10.9. The van der Waals surface area contributed by atoms with Crippen molar-refractivity contribution < 1.29 is 18.0 Å². The first-order chi connectivity index (χ1) is 15.2. The molecule has 0 radical (unpaired) electrons. The van der Waals surface area contributed by atoms with Crippen LogP contribution in [0.5, 0.6) is 0 Å². The molecule has 2 amide bonds. The summed E-state index contributed by atoms with van der Waals surface area (Å²) in [7, 11) is -3.98. The zero-order valence-corrected chi connectivity index (χ0v) is 20.8. The van der Waals surface area contributed by atoms with Gasteiger partial charge in [0, 0.05) is 15.5 Å². The number of benzene rings is 3. The molecular formula is C23H20Br2N2O4S. The van der Waals surface area contributed by atoms with E-state index in [0.29, 0.717) is 5.56 Å². The van der Waals surface area contributed by atoms with Gasteiger partial charge in [-0.25, -0.2) is 13.1 Å². The molecule has 3 aromatic carbocycles. The summed E-state index contributed by atoms with van der Waals surface area (Å²) in [6, 6.07) is 20.6. The molecule has 3 aromatic rings. The second-order valence-electron chi connectivity index (χ2n) is 7.06. The Balaban J connectivity index is 1.53. The van der Waals surface area contributed by atoms with Crippen molar-refractivity contribution in [2.45, 2.75) is 24.3 Å². The molecule has 3 rings (SSSR count). The highest BCUT2D eigenvalue weighted by Crippen LogP contribution is 2.14. The number of hydrogen-bond donors (Lipinski definition) is 2. The third kappa shape index (κ3) is 7.29. The largest absolute Gasteiger partial charge is 0.352 e. The normalized spacial score (nSPS) is 11.1. The predicted molar refractivity (Wildman–Crippen MR) is 129 cm³/mol. The molecule has 0 saturated heterocycles. The van der Waals surface area contributed by atoms with Gasteiger partial charge in [0.2, 0.25) is 11.8 Å². The lowest BCUT2D eigenvalue weighted by Crippen LogP contribution is -2.31. The Morgan fingerprint density at radius 1 is 0.656 bits per heavy atom. The molecule has 0 aliphatic rings. The van der Waals surface area contributed by atoms with E-state index in [-0.39, 0.29) is 30.2 Å². The van der Waals surface area contributed by atoms with E-state index in [1.807, 2.05) is 24.3 Å². The van der Waals surface area contributed by atoms with Crippen molar-refractivity contribution in [1.82, 2.24) is 10.0 Å². The van der Waals surface area contributed by atoms with Crippen LogP contribution in [0, 0.1) is 0 Å². The Kier molecular flexibility index (Phi) is 8.22. The third-order valence-electron chi connectivity index (χ3n) is 4.53. The monoisotopic (exact) mass is 578 g/mol. The van der Waals surface area contributed by atoms with Crippen LogP contribution in [-0.4, -0.2) is 20.2 Å². The fraction of sp³-hybridized carbons (Fsp3) is 0.130. The fourth-order valence-electron chi connectivity index (χ4n) is 2.87. The van der Waals surface area contributed by atoms with E-state index in [1.165, 1.54) is 12.1 Å². The van der Waals surface area contributed by atoms with Crippen LogP contribution in [0.25, 0.3) is 0 Å². The number of amides is 2. The Labute approximate surface area is 203 Å². The molecule has 0 aromatic heterocycles. The number of sulfonamides is 1. The zero-order chi connectivity index (χ0) is 23.1. The summed E-state index contributed by atoms with van der Waals surface area (Å²) >= 11 is 6.67. The van der Waals surface area contributed by atoms with Gasteiger partial charge in [-0.2, -0.15) is 0 Å². The summed E-state index contributed by atoms with van der Waals surface area (Å²) in [4.78, 5) is 24.2. The maximum Gasteiger partial charge on any atom is 0.264 e. The van der Waals surface area contributed by atoms with E-state index in [2.05, 4.69) is 41.9 Å². The van der Waals surface area contributed by atoms with E-state index in [9.17, 15) is 18.0 Å². The average Bonchev–Trinajstić information content (AvgIpc) is 2.75. The minimum atomic E-state index is -3.98. The molecule has 0 bridgehead atoms. The summed E-state index contributed by atoms with van der Waals surface area (Å²) in [6.45, 7) is 0.269. The summed E-state index contributed by atoms with van der Waals surface area (Å²) in [5, 5.41) is 2.81. The van der Waals surface area contributed by atoms with E-state index in [1.54, 1.807) is 36.4 Å². The van der Waals surface area contributed by atoms with Crippen LogP contribution in [0.2, 0.25) is 0 Å². The standard InChI is InChI=1S/C23H20Br2N2O4S/c24-19-7-1-16(2-8-19)13-22(28)26-15-18-5-11-21(12-6-18)32(30,31)27-23(29)14-17-3-9-20(25)10-4-17/h1-12H,13-15H2,(H,26,28)(H,27,29). The molecule has 0 heterocycles. The van der Waals surface area contributed by atoms with Gasteiger partial charge in [0.15, 0.2) is 0 Å². The first-order valence-electron chi connectivity index (χ1n) is 9.61. The maximum atomic E-state index is 12.5. The van der Waals surface area contributed by atoms with Crippen molar-refractivity contribution in [2.24, 2.45) is 0 Å². The van der Waals surface area contributed by atoms with Gasteiger partial charge in [0.1, 0.15) is 0 Å². The molecule has 32 heavy (non-hydrogen) atoms. The van der Waals surface area contributed by atoms with Gasteiger partial charge in [0.05, 0.1) is 17.7 Å². The molecule has 6 nitrogen and oxygen atoms in total. The number of rotatable bonds is 8. The van der Waals surface area contributed by atoms with Crippen LogP contribution in [0.15, 0.2) is 86.6 Å². The third-order valence-corrected chi connectivity index (χ3v) is 6.97. The van der Waals surface area contributed by atoms with Crippen molar-refractivity contribution in [3.63, 3.8) is 0 Å². The molecule has 0 aliphatic heterocycles. The smallest absolute Gasteiger partial charge is 0.264 e. The van der Waals surface area contributed by atoms with E-state index < -0.39 is 15.9 Å². The summed E-state index contributed by atoms with van der Waals surface area (Å²) in [5.41, 5.74) is 2.34. The van der Waals surface area contributed by atoms with Gasteiger partial charge in [-0.15, -0.1) is 0 Å². The minimum absolute atomic E-state index is 0.0217. The topological polar surface area (TPSA) is 92.3 Å². The Bertz CT molecular complexity index is 1190. The number of nitrogens with one attached hydrogen (secondary N) is 2. The quantitative estimate of drug-likeness (QED) is 0.420. The predicted octanol–water partition coefficient (Wildman–Crippen LogP) is 4.12. The molecule has 0 spiro atoms. The zero-order valence-electron chi connectivity index (χ0n) is 16.8. The lowest BCUT2D eigenvalue weighted by atomic mass is 10.1. The molecule has 0 fully saturated rings. The summed E-state index contributed by atoms with van der Waals surface area (Å²) < 4.78 is 28.9. The molecule has 0 atom stereocenters. The lowest BCUT2D eigenvalue weighted by molar-refractivity contribution is -0.120. The number of hydrogen-bond acceptors (Lipinski definition) is 4. The van der Waals surface area contributed by atoms with Crippen LogP contribution >= 0.6 is 31.9 Å². The van der Waals surface area contributed by atoms with Crippen LogP contribution in [0.4, 0.5) is 0 Å². The molecular weight excluding hydrogens is 560 g/mol. The van der Waals surface area contributed by atoms with Crippen molar-refractivity contribution in [3.8, 4) is 0 Å². The van der Waals surface area contributed by atoms with E-state index in [0.717, 1.165) is 20.1 Å². The van der Waals surface area contributed by atoms with Crippen LogP contribution < -0.4 is 10.0 Å². The minimum Gasteiger partial charge on any atom is -0.352 e. The average molecular weight is 580 g/mol. The Hall–Kier alpha value is -2.49. The number of carbonyl (C=O) groups is 2. The van der Waals surface area contributed by atoms with Gasteiger partial charge in [-0.1, -0.05) is 68.3 Å². The van der Waals surface area contributed by atoms with Gasteiger partial charge in [-0.05, 0) is 53.1 Å². The molecule has 0 saturated carbocycles. The van der Waals surface area contributed by atoms with Crippen molar-refractivity contribution >= 4 is 53.7 Å². The number of halogens is 2. The molecule has 2 N–H and O–H groups in total.